The van der Waals surface area contributed by atoms with Gasteiger partial charge in [0.25, 0.3) is 5.91 Å². The van der Waals surface area contributed by atoms with Gasteiger partial charge in [0, 0.05) is 0 Å². The minimum Gasteiger partial charge on any atom is -0.503 e. The van der Waals surface area contributed by atoms with Crippen LogP contribution in [0.15, 0.2) is 41.7 Å². The predicted octanol–water partition coefficient (Wildman–Crippen LogP) is 1.14. The highest BCUT2D eigenvalue weighted by Gasteiger charge is 2.43. The zero-order valence-electron chi connectivity index (χ0n) is 11.7. The summed E-state index contributed by atoms with van der Waals surface area (Å²) in [5.74, 6) is -2.40. The first-order valence-corrected chi connectivity index (χ1v) is 6.34. The van der Waals surface area contributed by atoms with Gasteiger partial charge in [-0.25, -0.2) is 0 Å². The van der Waals surface area contributed by atoms with E-state index in [0.29, 0.717) is 5.56 Å². The van der Waals surface area contributed by atoms with Crippen molar-refractivity contribution in [2.75, 3.05) is 13.7 Å². The topological polar surface area (TPSA) is 83.9 Å². The van der Waals surface area contributed by atoms with Gasteiger partial charge in [0.15, 0.2) is 11.5 Å². The highest BCUT2D eigenvalue weighted by atomic mass is 16.5. The van der Waals surface area contributed by atoms with Crippen molar-refractivity contribution in [3.63, 3.8) is 0 Å². The molecule has 1 atom stereocenters. The number of ketones is 1. The van der Waals surface area contributed by atoms with Gasteiger partial charge in [-0.2, -0.15) is 0 Å². The molecule has 1 aromatic rings. The lowest BCUT2D eigenvalue weighted by atomic mass is 9.97. The summed E-state index contributed by atoms with van der Waals surface area (Å²) in [5, 5.41) is 9.93. The molecule has 1 aliphatic heterocycles. The first kappa shape index (κ1) is 14.8. The Morgan fingerprint density at radius 2 is 1.90 bits per heavy atom. The highest BCUT2D eigenvalue weighted by Crippen LogP contribution is 2.37. The number of rotatable bonds is 4. The number of Topliss-reactive ketones (excluding diaryl/α,β-unsaturated/α-hetero) is 1. The Bertz CT molecular complexity index is 620. The number of amides is 1. The number of ether oxygens (including phenoxy) is 1. The molecule has 21 heavy (non-hydrogen) atoms. The van der Waals surface area contributed by atoms with Crippen molar-refractivity contribution in [3.8, 4) is 0 Å². The molecule has 1 unspecified atom stereocenters. The van der Waals surface area contributed by atoms with E-state index in [2.05, 4.69) is 4.74 Å². The fourth-order valence-corrected chi connectivity index (χ4v) is 2.36. The van der Waals surface area contributed by atoms with E-state index in [4.69, 9.17) is 0 Å². The molecule has 1 aromatic carbocycles. The zero-order chi connectivity index (χ0) is 15.6. The number of benzene rings is 1. The van der Waals surface area contributed by atoms with Crippen LogP contribution in [-0.4, -0.2) is 41.3 Å². The average molecular weight is 289 g/mol. The fraction of sp³-hybridized carbons (Fsp3) is 0.267. The molecular formula is C15H15NO5. The van der Waals surface area contributed by atoms with Gasteiger partial charge in [-0.1, -0.05) is 30.3 Å². The predicted molar refractivity (Wildman–Crippen MR) is 73.2 cm³/mol. The molecule has 0 bridgehead atoms. The monoisotopic (exact) mass is 289 g/mol. The zero-order valence-corrected chi connectivity index (χ0v) is 11.7. The van der Waals surface area contributed by atoms with Crippen molar-refractivity contribution >= 4 is 17.7 Å². The maximum Gasteiger partial charge on any atom is 0.325 e. The van der Waals surface area contributed by atoms with E-state index in [1.165, 1.54) is 14.0 Å². The summed E-state index contributed by atoms with van der Waals surface area (Å²) in [6.45, 7) is 0.937. The van der Waals surface area contributed by atoms with Crippen LogP contribution < -0.4 is 0 Å². The number of aliphatic hydroxyl groups is 1. The Kier molecular flexibility index (Phi) is 4.07. The first-order chi connectivity index (χ1) is 9.97. The van der Waals surface area contributed by atoms with Crippen molar-refractivity contribution in [1.29, 1.82) is 0 Å². The Labute approximate surface area is 121 Å². The second-order valence-corrected chi connectivity index (χ2v) is 4.64. The van der Waals surface area contributed by atoms with Crippen molar-refractivity contribution in [3.05, 3.63) is 47.2 Å². The molecule has 1 amide bonds. The number of nitrogens with zero attached hydrogens (tertiary/aromatic N) is 1. The number of methoxy groups -OCH3 is 1. The molecule has 6 heteroatoms. The van der Waals surface area contributed by atoms with Crippen molar-refractivity contribution < 1.29 is 24.2 Å². The van der Waals surface area contributed by atoms with Gasteiger partial charge in [-0.05, 0) is 12.5 Å². The van der Waals surface area contributed by atoms with Crippen LogP contribution in [0.25, 0.3) is 0 Å². The molecule has 110 valence electrons. The molecule has 2 rings (SSSR count). The number of carbonyl (C=O) groups excluding carboxylic acids is 3. The molecule has 1 N–H and O–H groups in total. The number of hydrogen-bond donors (Lipinski definition) is 1. The lowest BCUT2D eigenvalue weighted by molar-refractivity contribution is -0.146. The third kappa shape index (κ3) is 2.65. The molecule has 0 saturated carbocycles. The summed E-state index contributed by atoms with van der Waals surface area (Å²) in [6.07, 6.45) is 0. The van der Waals surface area contributed by atoms with Crippen molar-refractivity contribution in [2.24, 2.45) is 0 Å². The summed E-state index contributed by atoms with van der Waals surface area (Å²) in [7, 11) is 1.21. The summed E-state index contributed by atoms with van der Waals surface area (Å²) in [5.41, 5.74) is 0.638. The molecule has 0 radical (unpaired) electrons. The standard InChI is InChI=1S/C15H15NO5/c1-9(17)12-13(10-6-4-3-5-7-10)16(8-11(18)21-2)15(20)14(12)19/h3-7,13,19H,8H2,1-2H3. The second-order valence-electron chi connectivity index (χ2n) is 4.64. The number of hydrogen-bond acceptors (Lipinski definition) is 5. The lowest BCUT2D eigenvalue weighted by Gasteiger charge is -2.25. The van der Waals surface area contributed by atoms with Gasteiger partial charge in [-0.3, -0.25) is 14.4 Å². The summed E-state index contributed by atoms with van der Waals surface area (Å²) >= 11 is 0. The molecule has 0 saturated heterocycles. The van der Waals surface area contributed by atoms with Gasteiger partial charge in [0.05, 0.1) is 18.7 Å². The van der Waals surface area contributed by atoms with Gasteiger partial charge in [-0.15, -0.1) is 0 Å². The second kappa shape index (κ2) is 5.78. The van der Waals surface area contributed by atoms with E-state index in [1.54, 1.807) is 30.3 Å². The van der Waals surface area contributed by atoms with E-state index >= 15 is 0 Å². The molecular weight excluding hydrogens is 274 g/mol. The summed E-state index contributed by atoms with van der Waals surface area (Å²) in [4.78, 5) is 36.5. The third-order valence-corrected chi connectivity index (χ3v) is 3.33. The van der Waals surface area contributed by atoms with Crippen LogP contribution in [0.5, 0.6) is 0 Å². The van der Waals surface area contributed by atoms with Gasteiger partial charge in [0.2, 0.25) is 0 Å². The highest BCUT2D eigenvalue weighted by molar-refractivity contribution is 6.08. The van der Waals surface area contributed by atoms with Gasteiger partial charge < -0.3 is 14.7 Å². The van der Waals surface area contributed by atoms with E-state index in [-0.39, 0.29) is 12.1 Å². The molecule has 0 spiro atoms. The Morgan fingerprint density at radius 3 is 2.43 bits per heavy atom. The van der Waals surface area contributed by atoms with Crippen LogP contribution in [0, 0.1) is 0 Å². The third-order valence-electron chi connectivity index (χ3n) is 3.33. The Hall–Kier alpha value is -2.63. The smallest absolute Gasteiger partial charge is 0.325 e. The SMILES string of the molecule is COC(=O)CN1C(=O)C(O)=C(C(C)=O)C1c1ccccc1. The van der Waals surface area contributed by atoms with E-state index in [0.717, 1.165) is 4.90 Å². The normalized spacial score (nSPS) is 18.1. The number of esters is 1. The van der Waals surface area contributed by atoms with Crippen molar-refractivity contribution in [1.82, 2.24) is 4.90 Å². The largest absolute Gasteiger partial charge is 0.503 e. The fourth-order valence-electron chi connectivity index (χ4n) is 2.36. The van der Waals surface area contributed by atoms with Crippen LogP contribution in [0.3, 0.4) is 0 Å². The quantitative estimate of drug-likeness (QED) is 0.840. The van der Waals surface area contributed by atoms with Crippen LogP contribution in [-0.2, 0) is 19.1 Å². The minimum absolute atomic E-state index is 0.00453. The van der Waals surface area contributed by atoms with Crippen LogP contribution in [0.2, 0.25) is 0 Å². The molecule has 1 heterocycles. The molecule has 0 aliphatic carbocycles. The van der Waals surface area contributed by atoms with Gasteiger partial charge in [0.1, 0.15) is 6.54 Å². The van der Waals surface area contributed by atoms with Crippen LogP contribution in [0.1, 0.15) is 18.5 Å². The van der Waals surface area contributed by atoms with E-state index in [1.807, 2.05) is 0 Å². The molecule has 0 aromatic heterocycles. The Morgan fingerprint density at radius 1 is 1.29 bits per heavy atom. The van der Waals surface area contributed by atoms with Gasteiger partial charge >= 0.3 is 5.97 Å². The Balaban J connectivity index is 2.49. The first-order valence-electron chi connectivity index (χ1n) is 6.34. The average Bonchev–Trinajstić information content (AvgIpc) is 2.73. The molecule has 1 aliphatic rings. The van der Waals surface area contributed by atoms with Crippen LogP contribution in [0.4, 0.5) is 0 Å². The maximum atomic E-state index is 12.1. The van der Waals surface area contributed by atoms with Crippen LogP contribution >= 0.6 is 0 Å². The lowest BCUT2D eigenvalue weighted by Crippen LogP contribution is -2.36. The number of carbonyl (C=O) groups is 3. The minimum atomic E-state index is -0.782. The van der Waals surface area contributed by atoms with Crippen molar-refractivity contribution in [2.45, 2.75) is 13.0 Å². The summed E-state index contributed by atoms with van der Waals surface area (Å²) in [6, 6.07) is 7.97. The number of aliphatic hydroxyl groups excluding tert-OH is 1. The van der Waals surface area contributed by atoms with E-state index < -0.39 is 29.5 Å². The molecule has 0 fully saturated rings. The maximum absolute atomic E-state index is 12.1. The summed E-state index contributed by atoms with van der Waals surface area (Å²) < 4.78 is 4.56. The van der Waals surface area contributed by atoms with E-state index in [9.17, 15) is 19.5 Å². The molecule has 6 nitrogen and oxygen atoms in total.